The van der Waals surface area contributed by atoms with E-state index in [1.54, 1.807) is 7.11 Å². The summed E-state index contributed by atoms with van der Waals surface area (Å²) in [7, 11) is 1.67. The van der Waals surface area contributed by atoms with Crippen LogP contribution in [-0.4, -0.2) is 47.8 Å². The number of amides is 1. The minimum absolute atomic E-state index is 0.0305. The Balaban J connectivity index is 1.86. The average molecular weight is 405 g/mol. The van der Waals surface area contributed by atoms with Crippen LogP contribution in [0.5, 0.6) is 5.75 Å². The predicted molar refractivity (Wildman–Crippen MR) is 118 cm³/mol. The fraction of sp³-hybridized carbons (Fsp3) is 0.320. The van der Waals surface area contributed by atoms with Gasteiger partial charge in [0.05, 0.1) is 36.3 Å². The molecule has 3 aromatic rings. The average Bonchev–Trinajstić information content (AvgIpc) is 3.10. The summed E-state index contributed by atoms with van der Waals surface area (Å²) >= 11 is 0. The van der Waals surface area contributed by atoms with Gasteiger partial charge in [0, 0.05) is 18.8 Å². The van der Waals surface area contributed by atoms with Gasteiger partial charge < -0.3 is 18.9 Å². The van der Waals surface area contributed by atoms with Gasteiger partial charge in [-0.2, -0.15) is 0 Å². The first-order chi connectivity index (χ1) is 14.5. The highest BCUT2D eigenvalue weighted by Gasteiger charge is 2.29. The van der Waals surface area contributed by atoms with Crippen LogP contribution in [-0.2, 0) is 4.74 Å². The molecule has 0 unspecified atom stereocenters. The maximum Gasteiger partial charge on any atom is 0.255 e. The van der Waals surface area contributed by atoms with Gasteiger partial charge in [0.25, 0.3) is 5.91 Å². The van der Waals surface area contributed by atoms with Crippen molar-refractivity contribution in [2.24, 2.45) is 0 Å². The smallest absolute Gasteiger partial charge is 0.255 e. The summed E-state index contributed by atoms with van der Waals surface area (Å²) in [6.07, 6.45) is 0.0609. The molecule has 5 heteroatoms. The molecule has 2 aromatic carbocycles. The highest BCUT2D eigenvalue weighted by Crippen LogP contribution is 2.34. The predicted octanol–water partition coefficient (Wildman–Crippen LogP) is 4.71. The molecule has 0 spiro atoms. The summed E-state index contributed by atoms with van der Waals surface area (Å²) in [4.78, 5) is 15.4. The van der Waals surface area contributed by atoms with E-state index in [-0.39, 0.29) is 18.1 Å². The number of para-hydroxylation sites is 2. The van der Waals surface area contributed by atoms with Gasteiger partial charge in [0.1, 0.15) is 5.75 Å². The zero-order valence-corrected chi connectivity index (χ0v) is 18.0. The highest BCUT2D eigenvalue weighted by molar-refractivity contribution is 5.97. The largest absolute Gasteiger partial charge is 0.495 e. The molecule has 0 aliphatic carbocycles. The summed E-state index contributed by atoms with van der Waals surface area (Å²) in [5, 5.41) is 0. The van der Waals surface area contributed by atoms with Crippen LogP contribution in [0.15, 0.2) is 60.7 Å². The molecule has 30 heavy (non-hydrogen) atoms. The van der Waals surface area contributed by atoms with Gasteiger partial charge in [-0.1, -0.05) is 42.5 Å². The van der Waals surface area contributed by atoms with Crippen molar-refractivity contribution in [3.63, 3.8) is 0 Å². The van der Waals surface area contributed by atoms with E-state index in [1.807, 2.05) is 74.2 Å². The molecule has 0 saturated carbocycles. The lowest BCUT2D eigenvalue weighted by molar-refractivity contribution is -0.0586. The van der Waals surface area contributed by atoms with Crippen molar-refractivity contribution in [1.29, 1.82) is 0 Å². The third-order valence-electron chi connectivity index (χ3n) is 5.58. The normalized spacial score (nSPS) is 19.0. The zero-order chi connectivity index (χ0) is 21.3. The van der Waals surface area contributed by atoms with Crippen LogP contribution in [0.3, 0.4) is 0 Å². The summed E-state index contributed by atoms with van der Waals surface area (Å²) in [5.74, 6) is 0.807. The Bertz CT molecular complexity index is 1030. The standard InChI is InChI=1S/C25H28N2O3/c1-17-15-26(16-18(2)30-17)25(28)21-14-23(20-10-6-5-7-11-20)27(19(21)3)22-12-8-9-13-24(22)29-4/h5-14,17-18H,15-16H2,1-4H3/t17-,18+. The van der Waals surface area contributed by atoms with Gasteiger partial charge in [0.2, 0.25) is 0 Å². The van der Waals surface area contributed by atoms with Crippen molar-refractivity contribution in [3.05, 3.63) is 71.9 Å². The van der Waals surface area contributed by atoms with Crippen LogP contribution in [0.25, 0.3) is 16.9 Å². The van der Waals surface area contributed by atoms with Crippen LogP contribution >= 0.6 is 0 Å². The number of morpholine rings is 1. The van der Waals surface area contributed by atoms with Crippen LogP contribution in [0, 0.1) is 6.92 Å². The van der Waals surface area contributed by atoms with E-state index in [9.17, 15) is 4.79 Å². The monoisotopic (exact) mass is 404 g/mol. The number of rotatable bonds is 4. The topological polar surface area (TPSA) is 43.7 Å². The summed E-state index contributed by atoms with van der Waals surface area (Å²) in [6, 6.07) is 20.0. The van der Waals surface area contributed by atoms with Gasteiger partial charge in [-0.15, -0.1) is 0 Å². The molecule has 1 aromatic heterocycles. The maximum atomic E-state index is 13.5. The fourth-order valence-corrected chi connectivity index (χ4v) is 4.28. The molecule has 1 aliphatic rings. The first kappa shape index (κ1) is 20.2. The number of ether oxygens (including phenoxy) is 2. The number of methoxy groups -OCH3 is 1. The van der Waals surface area contributed by atoms with Crippen molar-refractivity contribution in [3.8, 4) is 22.7 Å². The molecule has 5 nitrogen and oxygen atoms in total. The lowest BCUT2D eigenvalue weighted by Gasteiger charge is -2.35. The summed E-state index contributed by atoms with van der Waals surface area (Å²) in [6.45, 7) is 7.22. The lowest BCUT2D eigenvalue weighted by atomic mass is 10.1. The molecule has 0 radical (unpaired) electrons. The first-order valence-electron chi connectivity index (χ1n) is 10.4. The van der Waals surface area contributed by atoms with Crippen LogP contribution in [0.1, 0.15) is 29.9 Å². The van der Waals surface area contributed by atoms with E-state index in [2.05, 4.69) is 16.7 Å². The Kier molecular flexibility index (Phi) is 5.64. The third kappa shape index (κ3) is 3.73. The van der Waals surface area contributed by atoms with Crippen LogP contribution < -0.4 is 4.74 Å². The van der Waals surface area contributed by atoms with Crippen LogP contribution in [0.4, 0.5) is 0 Å². The lowest BCUT2D eigenvalue weighted by Crippen LogP contribution is -2.48. The minimum Gasteiger partial charge on any atom is -0.495 e. The van der Waals surface area contributed by atoms with Gasteiger partial charge in [-0.25, -0.2) is 0 Å². The second-order valence-electron chi connectivity index (χ2n) is 7.87. The molecular weight excluding hydrogens is 376 g/mol. The van der Waals surface area contributed by atoms with E-state index in [0.29, 0.717) is 18.7 Å². The van der Waals surface area contributed by atoms with Crippen molar-refractivity contribution >= 4 is 5.91 Å². The molecule has 1 saturated heterocycles. The maximum absolute atomic E-state index is 13.5. The second-order valence-corrected chi connectivity index (χ2v) is 7.87. The van der Waals surface area contributed by atoms with E-state index < -0.39 is 0 Å². The Morgan fingerprint density at radius 2 is 1.63 bits per heavy atom. The Hall–Kier alpha value is -3.05. The van der Waals surface area contributed by atoms with Gasteiger partial charge in [0.15, 0.2) is 0 Å². The molecule has 1 aliphatic heterocycles. The van der Waals surface area contributed by atoms with Crippen molar-refractivity contribution < 1.29 is 14.3 Å². The molecule has 0 bridgehead atoms. The first-order valence-corrected chi connectivity index (χ1v) is 10.4. The van der Waals surface area contributed by atoms with Crippen molar-refractivity contribution in [2.45, 2.75) is 33.0 Å². The van der Waals surface area contributed by atoms with Crippen molar-refractivity contribution in [1.82, 2.24) is 9.47 Å². The number of carbonyl (C=O) groups is 1. The van der Waals surface area contributed by atoms with E-state index >= 15 is 0 Å². The molecular formula is C25H28N2O3. The number of aromatic nitrogens is 1. The molecule has 2 heterocycles. The molecule has 1 fully saturated rings. The van der Waals surface area contributed by atoms with E-state index in [1.165, 1.54) is 0 Å². The third-order valence-corrected chi connectivity index (χ3v) is 5.58. The van der Waals surface area contributed by atoms with Crippen molar-refractivity contribution in [2.75, 3.05) is 20.2 Å². The molecule has 2 atom stereocenters. The molecule has 4 rings (SSSR count). The number of nitrogens with zero attached hydrogens (tertiary/aromatic N) is 2. The summed E-state index contributed by atoms with van der Waals surface area (Å²) < 4.78 is 13.6. The number of hydrogen-bond donors (Lipinski definition) is 0. The van der Waals surface area contributed by atoms with E-state index in [0.717, 1.165) is 28.4 Å². The Morgan fingerprint density at radius 1 is 1.00 bits per heavy atom. The summed E-state index contributed by atoms with van der Waals surface area (Å²) in [5.41, 5.74) is 4.54. The van der Waals surface area contributed by atoms with E-state index in [4.69, 9.17) is 9.47 Å². The molecule has 156 valence electrons. The molecule has 0 N–H and O–H groups in total. The Morgan fingerprint density at radius 3 is 2.30 bits per heavy atom. The minimum atomic E-state index is 0.0305. The van der Waals surface area contributed by atoms with Gasteiger partial charge >= 0.3 is 0 Å². The zero-order valence-electron chi connectivity index (χ0n) is 18.0. The second kappa shape index (κ2) is 8.36. The number of hydrogen-bond acceptors (Lipinski definition) is 3. The Labute approximate surface area is 177 Å². The molecule has 1 amide bonds. The fourth-order valence-electron chi connectivity index (χ4n) is 4.28. The van der Waals surface area contributed by atoms with Gasteiger partial charge in [-0.05, 0) is 44.5 Å². The van der Waals surface area contributed by atoms with Gasteiger partial charge in [-0.3, -0.25) is 4.79 Å². The van der Waals surface area contributed by atoms with Crippen LogP contribution in [0.2, 0.25) is 0 Å². The quantitative estimate of drug-likeness (QED) is 0.632. The number of carbonyl (C=O) groups excluding carboxylic acids is 1. The SMILES string of the molecule is COc1ccccc1-n1c(-c2ccccc2)cc(C(=O)N2C[C@@H](C)O[C@@H](C)C2)c1C. The highest BCUT2D eigenvalue weighted by atomic mass is 16.5. The number of benzene rings is 2.